The molecule has 1 aliphatic rings. The highest BCUT2D eigenvalue weighted by molar-refractivity contribution is 9.10. The van der Waals surface area contributed by atoms with Gasteiger partial charge in [0.1, 0.15) is 6.54 Å². The fourth-order valence-electron chi connectivity index (χ4n) is 2.99. The number of rotatable bonds is 4. The number of piperazine rings is 1. The lowest BCUT2D eigenvalue weighted by Crippen LogP contribution is -3.13. The van der Waals surface area contributed by atoms with Crippen LogP contribution in [0.4, 0.5) is 0 Å². The molecule has 0 aromatic heterocycles. The summed E-state index contributed by atoms with van der Waals surface area (Å²) in [5.74, 6) is 0. The standard InChI is InChI=1S/C18H21BrN2O2S/c1-15-6-8-17(9-7-15)24(22,23)21-12-10-20(11-13-21)14-16-4-2-3-5-18(16)19/h2-9H,10-14H2,1H3/p+1. The van der Waals surface area contributed by atoms with Gasteiger partial charge in [-0.15, -0.1) is 0 Å². The van der Waals surface area contributed by atoms with Crippen molar-refractivity contribution in [3.8, 4) is 0 Å². The molecular weight excluding hydrogens is 388 g/mol. The zero-order valence-corrected chi connectivity index (χ0v) is 16.1. The molecule has 2 aromatic rings. The normalized spacial score (nSPS) is 17.1. The third-order valence-electron chi connectivity index (χ3n) is 4.49. The van der Waals surface area contributed by atoms with Gasteiger partial charge in [0.2, 0.25) is 10.0 Å². The van der Waals surface area contributed by atoms with Crippen molar-refractivity contribution in [1.82, 2.24) is 4.31 Å². The minimum Gasteiger partial charge on any atom is -0.329 e. The summed E-state index contributed by atoms with van der Waals surface area (Å²) in [7, 11) is -3.37. The van der Waals surface area contributed by atoms with Gasteiger partial charge in [-0.05, 0) is 25.1 Å². The molecule has 4 nitrogen and oxygen atoms in total. The van der Waals surface area contributed by atoms with Crippen molar-refractivity contribution < 1.29 is 13.3 Å². The van der Waals surface area contributed by atoms with E-state index in [0.717, 1.165) is 29.7 Å². The maximum Gasteiger partial charge on any atom is 0.243 e. The van der Waals surface area contributed by atoms with E-state index in [9.17, 15) is 8.42 Å². The third kappa shape index (κ3) is 3.88. The molecule has 2 aromatic carbocycles. The Bertz CT molecular complexity index is 798. The molecule has 0 amide bonds. The predicted molar refractivity (Wildman–Crippen MR) is 98.5 cm³/mol. The molecule has 3 rings (SSSR count). The van der Waals surface area contributed by atoms with Crippen LogP contribution in [0.1, 0.15) is 11.1 Å². The summed E-state index contributed by atoms with van der Waals surface area (Å²) in [6.45, 7) is 5.66. The van der Waals surface area contributed by atoms with Crippen LogP contribution in [-0.2, 0) is 16.6 Å². The van der Waals surface area contributed by atoms with Gasteiger partial charge in [-0.3, -0.25) is 0 Å². The number of nitrogens with one attached hydrogen (secondary N) is 1. The van der Waals surface area contributed by atoms with Crippen LogP contribution in [0, 0.1) is 6.92 Å². The molecule has 0 radical (unpaired) electrons. The minimum absolute atomic E-state index is 0.391. The molecular formula is C18H22BrN2O2S+. The Labute approximate surface area is 152 Å². The molecule has 6 heteroatoms. The second-order valence-electron chi connectivity index (χ2n) is 6.24. The number of hydrogen-bond donors (Lipinski definition) is 1. The molecule has 0 aliphatic carbocycles. The maximum absolute atomic E-state index is 12.7. The number of aryl methyl sites for hydroxylation is 1. The Kier molecular flexibility index (Phi) is 5.39. The molecule has 1 fully saturated rings. The second-order valence-corrected chi connectivity index (χ2v) is 9.03. The van der Waals surface area contributed by atoms with Crippen molar-refractivity contribution in [3.63, 3.8) is 0 Å². The number of nitrogens with zero attached hydrogens (tertiary/aromatic N) is 1. The van der Waals surface area contributed by atoms with E-state index in [0.29, 0.717) is 18.0 Å². The molecule has 1 N–H and O–H groups in total. The van der Waals surface area contributed by atoms with Gasteiger partial charge < -0.3 is 4.90 Å². The molecule has 128 valence electrons. The molecule has 1 aliphatic heterocycles. The molecule has 0 unspecified atom stereocenters. The fraction of sp³-hybridized carbons (Fsp3) is 0.333. The fourth-order valence-corrected chi connectivity index (χ4v) is 4.86. The average Bonchev–Trinajstić information content (AvgIpc) is 2.58. The Morgan fingerprint density at radius 2 is 1.67 bits per heavy atom. The minimum atomic E-state index is -3.37. The predicted octanol–water partition coefficient (Wildman–Crippen LogP) is 1.85. The zero-order chi connectivity index (χ0) is 17.2. The number of sulfonamides is 1. The highest BCUT2D eigenvalue weighted by Crippen LogP contribution is 2.17. The van der Waals surface area contributed by atoms with Gasteiger partial charge in [-0.2, -0.15) is 4.31 Å². The van der Waals surface area contributed by atoms with E-state index in [-0.39, 0.29) is 0 Å². The van der Waals surface area contributed by atoms with Crippen LogP contribution in [0.15, 0.2) is 57.9 Å². The van der Waals surface area contributed by atoms with Gasteiger partial charge in [0.25, 0.3) is 0 Å². The van der Waals surface area contributed by atoms with Gasteiger partial charge in [0, 0.05) is 10.0 Å². The van der Waals surface area contributed by atoms with Crippen molar-refractivity contribution in [2.24, 2.45) is 0 Å². The average molecular weight is 410 g/mol. The van der Waals surface area contributed by atoms with Gasteiger partial charge in [0.15, 0.2) is 0 Å². The first-order valence-electron chi connectivity index (χ1n) is 8.10. The summed E-state index contributed by atoms with van der Waals surface area (Å²) in [6.07, 6.45) is 0. The van der Waals surface area contributed by atoms with E-state index in [1.807, 2.05) is 37.3 Å². The lowest BCUT2D eigenvalue weighted by Gasteiger charge is -2.31. The van der Waals surface area contributed by atoms with Gasteiger partial charge in [-0.25, -0.2) is 8.42 Å². The smallest absolute Gasteiger partial charge is 0.243 e. The molecule has 0 spiro atoms. The van der Waals surface area contributed by atoms with Crippen LogP contribution < -0.4 is 4.90 Å². The Morgan fingerprint density at radius 3 is 2.29 bits per heavy atom. The largest absolute Gasteiger partial charge is 0.329 e. The Hall–Kier alpha value is -1.21. The van der Waals surface area contributed by atoms with E-state index < -0.39 is 10.0 Å². The first kappa shape index (κ1) is 17.6. The van der Waals surface area contributed by atoms with Crippen LogP contribution in [0.25, 0.3) is 0 Å². The zero-order valence-electron chi connectivity index (χ0n) is 13.7. The quantitative estimate of drug-likeness (QED) is 0.836. The molecule has 0 atom stereocenters. The number of halogens is 1. The lowest BCUT2D eigenvalue weighted by molar-refractivity contribution is -0.917. The number of benzene rings is 2. The van der Waals surface area contributed by atoms with Crippen molar-refractivity contribution in [3.05, 3.63) is 64.1 Å². The first-order valence-corrected chi connectivity index (χ1v) is 10.3. The van der Waals surface area contributed by atoms with Crippen LogP contribution in [0.3, 0.4) is 0 Å². The number of hydrogen-bond acceptors (Lipinski definition) is 2. The summed E-state index contributed by atoms with van der Waals surface area (Å²) in [4.78, 5) is 1.81. The van der Waals surface area contributed by atoms with Crippen molar-refractivity contribution >= 4 is 26.0 Å². The van der Waals surface area contributed by atoms with Gasteiger partial charge in [0.05, 0.1) is 31.1 Å². The molecule has 0 bridgehead atoms. The highest BCUT2D eigenvalue weighted by atomic mass is 79.9. The van der Waals surface area contributed by atoms with Crippen molar-refractivity contribution in [2.75, 3.05) is 26.2 Å². The highest BCUT2D eigenvalue weighted by Gasteiger charge is 2.30. The van der Waals surface area contributed by atoms with Crippen LogP contribution in [0.5, 0.6) is 0 Å². The van der Waals surface area contributed by atoms with E-state index in [2.05, 4.69) is 22.0 Å². The second kappa shape index (κ2) is 7.35. The maximum atomic E-state index is 12.7. The molecule has 1 saturated heterocycles. The number of quaternary nitrogens is 1. The van der Waals surface area contributed by atoms with Crippen LogP contribution in [-0.4, -0.2) is 38.9 Å². The summed E-state index contributed by atoms with van der Waals surface area (Å²) in [6, 6.07) is 15.3. The van der Waals surface area contributed by atoms with Gasteiger partial charge >= 0.3 is 0 Å². The SMILES string of the molecule is Cc1ccc(S(=O)(=O)N2CC[NH+](Cc3ccccc3Br)CC2)cc1. The van der Waals surface area contributed by atoms with Crippen molar-refractivity contribution in [1.29, 1.82) is 0 Å². The van der Waals surface area contributed by atoms with E-state index in [1.54, 1.807) is 16.4 Å². The topological polar surface area (TPSA) is 41.8 Å². The van der Waals surface area contributed by atoms with Gasteiger partial charge in [-0.1, -0.05) is 51.8 Å². The third-order valence-corrected chi connectivity index (χ3v) is 7.17. The van der Waals surface area contributed by atoms with Crippen LogP contribution >= 0.6 is 15.9 Å². The molecule has 1 heterocycles. The Balaban J connectivity index is 1.64. The summed E-state index contributed by atoms with van der Waals surface area (Å²) in [5.41, 5.74) is 2.33. The lowest BCUT2D eigenvalue weighted by atomic mass is 10.2. The summed E-state index contributed by atoms with van der Waals surface area (Å²) < 4.78 is 28.2. The molecule has 0 saturated carbocycles. The first-order chi connectivity index (χ1) is 11.5. The van der Waals surface area contributed by atoms with E-state index in [4.69, 9.17) is 0 Å². The van der Waals surface area contributed by atoms with E-state index >= 15 is 0 Å². The Morgan fingerprint density at radius 1 is 1.04 bits per heavy atom. The van der Waals surface area contributed by atoms with Crippen LogP contribution in [0.2, 0.25) is 0 Å². The van der Waals surface area contributed by atoms with Crippen molar-refractivity contribution in [2.45, 2.75) is 18.4 Å². The van der Waals surface area contributed by atoms with E-state index in [1.165, 1.54) is 10.5 Å². The summed E-state index contributed by atoms with van der Waals surface area (Å²) in [5, 5.41) is 0. The monoisotopic (exact) mass is 409 g/mol. The summed E-state index contributed by atoms with van der Waals surface area (Å²) >= 11 is 3.58. The molecule has 24 heavy (non-hydrogen) atoms.